The molecule has 3 heteroatoms. The Balaban J connectivity index is 2.58. The van der Waals surface area contributed by atoms with Crippen molar-refractivity contribution in [2.24, 2.45) is 17.1 Å². The summed E-state index contributed by atoms with van der Waals surface area (Å²) in [4.78, 5) is 12.0. The van der Waals surface area contributed by atoms with Gasteiger partial charge in [-0.3, -0.25) is 4.79 Å². The third kappa shape index (κ3) is 8.57. The Labute approximate surface area is 178 Å². The van der Waals surface area contributed by atoms with E-state index in [2.05, 4.69) is 63.4 Å². The molecular weight excluding hydrogens is 356 g/mol. The highest BCUT2D eigenvalue weighted by Gasteiger charge is 2.26. The Morgan fingerprint density at radius 3 is 2.55 bits per heavy atom. The number of amides is 1. The molecule has 0 fully saturated rings. The summed E-state index contributed by atoms with van der Waals surface area (Å²) >= 11 is 0. The van der Waals surface area contributed by atoms with Gasteiger partial charge >= 0.3 is 0 Å². The van der Waals surface area contributed by atoms with E-state index < -0.39 is 6.04 Å². The van der Waals surface area contributed by atoms with Crippen LogP contribution in [-0.4, -0.2) is 18.5 Å². The predicted molar refractivity (Wildman–Crippen MR) is 127 cm³/mol. The smallest absolute Gasteiger partial charge is 0.237 e. The minimum atomic E-state index is -0.436. The monoisotopic (exact) mass is 398 g/mol. The van der Waals surface area contributed by atoms with Gasteiger partial charge in [0.1, 0.15) is 0 Å². The molecule has 3 N–H and O–H groups in total. The van der Waals surface area contributed by atoms with Gasteiger partial charge in [-0.25, -0.2) is 0 Å². The second-order valence-electron chi connectivity index (χ2n) is 9.14. The molecule has 0 radical (unpaired) electrons. The average molecular weight is 399 g/mol. The van der Waals surface area contributed by atoms with Gasteiger partial charge in [0.15, 0.2) is 0 Å². The molecule has 1 aliphatic carbocycles. The van der Waals surface area contributed by atoms with Crippen LogP contribution in [0.3, 0.4) is 0 Å². The number of hydrogen-bond donors (Lipinski definition) is 2. The predicted octanol–water partition coefficient (Wildman–Crippen LogP) is 6.01. The molecule has 0 aromatic carbocycles. The van der Waals surface area contributed by atoms with E-state index in [1.807, 2.05) is 26.8 Å². The van der Waals surface area contributed by atoms with Crippen LogP contribution in [0.15, 0.2) is 58.7 Å². The maximum absolute atomic E-state index is 12.0. The summed E-state index contributed by atoms with van der Waals surface area (Å²) in [5.41, 5.74) is 11.6. The summed E-state index contributed by atoms with van der Waals surface area (Å²) in [6, 6.07) is -0.436. The number of rotatable bonds is 9. The SMILES string of the molecule is CC[C@H](C)[C@H](N)C(=O)NC/C=C(C)/C=C/C=C(C)/C=C/C1=C(C)CCCC1(C)C. The fourth-order valence-electron chi connectivity index (χ4n) is 3.64. The number of carbonyl (C=O) groups excluding carboxylic acids is 1. The van der Waals surface area contributed by atoms with Crippen molar-refractivity contribution in [3.05, 3.63) is 58.7 Å². The summed E-state index contributed by atoms with van der Waals surface area (Å²) < 4.78 is 0. The highest BCUT2D eigenvalue weighted by Crippen LogP contribution is 2.40. The lowest BCUT2D eigenvalue weighted by Gasteiger charge is -2.32. The topological polar surface area (TPSA) is 55.1 Å². The first-order valence-corrected chi connectivity index (χ1v) is 11.0. The summed E-state index contributed by atoms with van der Waals surface area (Å²) in [5, 5.41) is 2.89. The zero-order chi connectivity index (χ0) is 22.0. The van der Waals surface area contributed by atoms with Crippen LogP contribution in [0, 0.1) is 11.3 Å². The number of allylic oxidation sites excluding steroid dienone is 9. The van der Waals surface area contributed by atoms with E-state index in [0.29, 0.717) is 6.54 Å². The Morgan fingerprint density at radius 1 is 1.24 bits per heavy atom. The largest absolute Gasteiger partial charge is 0.351 e. The van der Waals surface area contributed by atoms with Crippen molar-refractivity contribution in [1.82, 2.24) is 5.32 Å². The van der Waals surface area contributed by atoms with Crippen LogP contribution in [0.5, 0.6) is 0 Å². The Hall–Kier alpha value is -1.87. The second kappa shape index (κ2) is 12.0. The van der Waals surface area contributed by atoms with Crippen molar-refractivity contribution in [2.45, 2.75) is 80.2 Å². The van der Waals surface area contributed by atoms with Gasteiger partial charge < -0.3 is 11.1 Å². The van der Waals surface area contributed by atoms with Gasteiger partial charge in [0, 0.05) is 6.54 Å². The first kappa shape index (κ1) is 25.2. The fraction of sp³-hybridized carbons (Fsp3) is 0.577. The number of hydrogen-bond acceptors (Lipinski definition) is 2. The molecule has 1 rings (SSSR count). The Kier molecular flexibility index (Phi) is 10.4. The second-order valence-corrected chi connectivity index (χ2v) is 9.14. The molecule has 0 aromatic heterocycles. The van der Waals surface area contributed by atoms with E-state index in [1.54, 1.807) is 0 Å². The number of nitrogens with two attached hydrogens (primary N) is 1. The van der Waals surface area contributed by atoms with Crippen LogP contribution < -0.4 is 11.1 Å². The molecule has 0 aromatic rings. The maximum Gasteiger partial charge on any atom is 0.237 e. The summed E-state index contributed by atoms with van der Waals surface area (Å²) in [6.07, 6.45) is 17.4. The van der Waals surface area contributed by atoms with Gasteiger partial charge in [0.25, 0.3) is 0 Å². The molecule has 1 aliphatic rings. The van der Waals surface area contributed by atoms with Crippen LogP contribution >= 0.6 is 0 Å². The average Bonchev–Trinajstić information content (AvgIpc) is 2.65. The van der Waals surface area contributed by atoms with Crippen LogP contribution in [0.4, 0.5) is 0 Å². The first-order valence-electron chi connectivity index (χ1n) is 11.0. The van der Waals surface area contributed by atoms with Crippen molar-refractivity contribution < 1.29 is 4.79 Å². The van der Waals surface area contributed by atoms with Crippen LogP contribution in [0.25, 0.3) is 0 Å². The first-order chi connectivity index (χ1) is 13.6. The van der Waals surface area contributed by atoms with Crippen molar-refractivity contribution in [2.75, 3.05) is 6.54 Å². The highest BCUT2D eigenvalue weighted by molar-refractivity contribution is 5.81. The summed E-state index contributed by atoms with van der Waals surface area (Å²) in [7, 11) is 0. The zero-order valence-corrected chi connectivity index (χ0v) is 19.6. The maximum atomic E-state index is 12.0. The van der Waals surface area contributed by atoms with E-state index in [9.17, 15) is 4.79 Å². The molecule has 162 valence electrons. The normalized spacial score (nSPS) is 20.4. The number of carbonyl (C=O) groups is 1. The van der Waals surface area contributed by atoms with E-state index >= 15 is 0 Å². The van der Waals surface area contributed by atoms with Gasteiger partial charge in [-0.2, -0.15) is 0 Å². The summed E-state index contributed by atoms with van der Waals surface area (Å²) in [6.45, 7) is 15.7. The molecule has 0 aliphatic heterocycles. The van der Waals surface area contributed by atoms with Crippen LogP contribution in [-0.2, 0) is 4.79 Å². The van der Waals surface area contributed by atoms with Crippen molar-refractivity contribution >= 4 is 5.91 Å². The standard InChI is InChI=1S/C26H42N2O/c1-8-21(4)24(27)25(29)28-18-16-20(3)12-9-11-19(2)14-15-23-22(5)13-10-17-26(23,6)7/h9,11-12,14-16,21,24H,8,10,13,17-18,27H2,1-7H3,(H,28,29)/b12-9+,15-14+,19-11+,20-16+/t21-,24-/m0/s1. The van der Waals surface area contributed by atoms with E-state index in [0.717, 1.165) is 12.0 Å². The van der Waals surface area contributed by atoms with Gasteiger partial charge in [0.05, 0.1) is 6.04 Å². The molecule has 0 spiro atoms. The van der Waals surface area contributed by atoms with Gasteiger partial charge in [0.2, 0.25) is 5.91 Å². The minimum absolute atomic E-state index is 0.0801. The highest BCUT2D eigenvalue weighted by atomic mass is 16.2. The molecule has 0 saturated heterocycles. The Morgan fingerprint density at radius 2 is 1.93 bits per heavy atom. The molecule has 0 bridgehead atoms. The van der Waals surface area contributed by atoms with Gasteiger partial charge in [-0.05, 0) is 56.9 Å². The minimum Gasteiger partial charge on any atom is -0.351 e. The quantitative estimate of drug-likeness (QED) is 0.467. The van der Waals surface area contributed by atoms with Gasteiger partial charge in [-0.1, -0.05) is 87.3 Å². The number of nitrogens with one attached hydrogen (secondary N) is 1. The van der Waals surface area contributed by atoms with Crippen molar-refractivity contribution in [3.63, 3.8) is 0 Å². The molecular formula is C26H42N2O. The molecule has 0 heterocycles. The van der Waals surface area contributed by atoms with Crippen LogP contribution in [0.2, 0.25) is 0 Å². The molecule has 1 amide bonds. The molecule has 3 nitrogen and oxygen atoms in total. The molecule has 0 saturated carbocycles. The lowest BCUT2D eigenvalue weighted by atomic mass is 9.72. The van der Waals surface area contributed by atoms with Crippen molar-refractivity contribution in [1.29, 1.82) is 0 Å². The lowest BCUT2D eigenvalue weighted by molar-refractivity contribution is -0.123. The Bertz CT molecular complexity index is 704. The molecule has 29 heavy (non-hydrogen) atoms. The lowest BCUT2D eigenvalue weighted by Crippen LogP contribution is -2.44. The van der Waals surface area contributed by atoms with Crippen LogP contribution in [0.1, 0.15) is 74.1 Å². The van der Waals surface area contributed by atoms with E-state index in [-0.39, 0.29) is 17.2 Å². The van der Waals surface area contributed by atoms with Gasteiger partial charge in [-0.15, -0.1) is 0 Å². The molecule has 0 unspecified atom stereocenters. The van der Waals surface area contributed by atoms with E-state index in [1.165, 1.54) is 36.0 Å². The third-order valence-electron chi connectivity index (χ3n) is 6.03. The summed E-state index contributed by atoms with van der Waals surface area (Å²) in [5.74, 6) is 0.114. The third-order valence-corrected chi connectivity index (χ3v) is 6.03. The fourth-order valence-corrected chi connectivity index (χ4v) is 3.64. The van der Waals surface area contributed by atoms with E-state index in [4.69, 9.17) is 5.73 Å². The molecule has 2 atom stereocenters. The zero-order valence-electron chi connectivity index (χ0n) is 19.6. The van der Waals surface area contributed by atoms with Crippen molar-refractivity contribution in [3.8, 4) is 0 Å².